The summed E-state index contributed by atoms with van der Waals surface area (Å²) in [5, 5.41) is 4.16. The second kappa shape index (κ2) is 7.38. The molecular weight excluding hydrogens is 254 g/mol. The Morgan fingerprint density at radius 3 is 2.78 bits per heavy atom. The second-order valence-corrected chi connectivity index (χ2v) is 5.13. The van der Waals surface area contributed by atoms with Crippen LogP contribution in [0.5, 0.6) is 0 Å². The molecule has 0 aromatic carbocycles. The van der Waals surface area contributed by atoms with Gasteiger partial charge in [0.15, 0.2) is 0 Å². The molecule has 102 valence electrons. The third-order valence-electron chi connectivity index (χ3n) is 2.55. The van der Waals surface area contributed by atoms with E-state index in [2.05, 4.69) is 10.0 Å². The highest BCUT2D eigenvalue weighted by molar-refractivity contribution is 8.14. The lowest BCUT2D eigenvalue weighted by atomic mass is 10.5. The summed E-state index contributed by atoms with van der Waals surface area (Å²) in [5.74, 6) is 0. The van der Waals surface area contributed by atoms with Crippen LogP contribution in [0.15, 0.2) is 5.10 Å². The second-order valence-electron chi connectivity index (χ2n) is 3.81. The van der Waals surface area contributed by atoms with E-state index in [0.29, 0.717) is 6.54 Å². The van der Waals surface area contributed by atoms with Crippen LogP contribution in [0.4, 0.5) is 9.59 Å². The highest BCUT2D eigenvalue weighted by atomic mass is 32.2. The molecule has 1 unspecified atom stereocenters. The molecule has 2 amide bonds. The predicted octanol–water partition coefficient (Wildman–Crippen LogP) is 2.01. The van der Waals surface area contributed by atoms with Crippen LogP contribution in [0.25, 0.3) is 0 Å². The summed E-state index contributed by atoms with van der Waals surface area (Å²) in [5.41, 5.74) is 0. The summed E-state index contributed by atoms with van der Waals surface area (Å²) < 4.78 is 5.02. The smallest absolute Gasteiger partial charge is 0.438 e. The van der Waals surface area contributed by atoms with E-state index in [1.165, 1.54) is 0 Å². The summed E-state index contributed by atoms with van der Waals surface area (Å²) in [6.07, 6.45) is 0.848. The van der Waals surface area contributed by atoms with Crippen LogP contribution in [-0.4, -0.2) is 58.9 Å². The van der Waals surface area contributed by atoms with Gasteiger partial charge in [-0.05, 0) is 20.0 Å². The average Bonchev–Trinajstić information content (AvgIpc) is 2.34. The third kappa shape index (κ3) is 4.30. The van der Waals surface area contributed by atoms with Gasteiger partial charge in [-0.1, -0.05) is 25.6 Å². The predicted molar refractivity (Wildman–Crippen MR) is 71.9 cm³/mol. The first-order chi connectivity index (χ1) is 8.58. The molecule has 6 nitrogen and oxygen atoms in total. The number of nitrogens with zero attached hydrogens (tertiary/aromatic N) is 3. The van der Waals surface area contributed by atoms with E-state index in [9.17, 15) is 9.59 Å². The molecule has 0 aromatic heterocycles. The average molecular weight is 273 g/mol. The maximum Gasteiger partial charge on any atom is 0.438 e. The largest absolute Gasteiger partial charge is 0.446 e. The zero-order chi connectivity index (χ0) is 13.5. The number of thioether (sulfide) groups is 1. The quantitative estimate of drug-likeness (QED) is 0.766. The van der Waals surface area contributed by atoms with E-state index in [1.54, 1.807) is 6.21 Å². The van der Waals surface area contributed by atoms with Gasteiger partial charge < -0.3 is 9.64 Å². The van der Waals surface area contributed by atoms with Gasteiger partial charge in [-0.3, -0.25) is 4.79 Å². The zero-order valence-corrected chi connectivity index (χ0v) is 11.8. The molecule has 0 fully saturated rings. The lowest BCUT2D eigenvalue weighted by molar-refractivity contribution is 0.104. The fourth-order valence-electron chi connectivity index (χ4n) is 1.43. The Bertz CT molecular complexity index is 331. The number of likely N-dealkylation sites (N-methyl/N-ethyl adjacent to an activating group) is 1. The van der Waals surface area contributed by atoms with E-state index in [4.69, 9.17) is 4.74 Å². The lowest BCUT2D eigenvalue weighted by Crippen LogP contribution is -2.36. The number of ether oxygens (including phenoxy) is 1. The number of hydrogen-bond acceptors (Lipinski definition) is 6. The molecule has 1 aliphatic rings. The van der Waals surface area contributed by atoms with Gasteiger partial charge in [0.2, 0.25) is 0 Å². The Labute approximate surface area is 111 Å². The normalized spacial score (nSPS) is 19.4. The number of amides is 2. The minimum absolute atomic E-state index is 0.00257. The number of hydrogen-bond donors (Lipinski definition) is 0. The van der Waals surface area contributed by atoms with E-state index in [1.807, 2.05) is 20.8 Å². The van der Waals surface area contributed by atoms with E-state index >= 15 is 0 Å². The van der Waals surface area contributed by atoms with Crippen LogP contribution in [0.1, 0.15) is 20.8 Å². The molecule has 1 rings (SSSR count). The van der Waals surface area contributed by atoms with E-state index in [-0.39, 0.29) is 11.9 Å². The number of carbonyl (C=O) groups is 2. The van der Waals surface area contributed by atoms with E-state index in [0.717, 1.165) is 29.9 Å². The molecular formula is C11H19N3O3S. The molecule has 0 saturated carbocycles. The number of carbonyl (C=O) groups excluding carboxylic acids is 2. The fraction of sp³-hybridized carbons (Fsp3) is 0.727. The van der Waals surface area contributed by atoms with Crippen molar-refractivity contribution in [3.05, 3.63) is 0 Å². The summed E-state index contributed by atoms with van der Waals surface area (Å²) >= 11 is 1.05. The third-order valence-corrected chi connectivity index (χ3v) is 3.42. The molecule has 1 heterocycles. The number of hydrazone groups is 1. The van der Waals surface area contributed by atoms with Crippen molar-refractivity contribution in [2.45, 2.75) is 26.0 Å². The number of rotatable bonds is 5. The topological polar surface area (TPSA) is 62.2 Å². The minimum atomic E-state index is -0.706. The van der Waals surface area contributed by atoms with Gasteiger partial charge in [-0.15, -0.1) is 5.01 Å². The van der Waals surface area contributed by atoms with Crippen molar-refractivity contribution in [3.63, 3.8) is 0 Å². The maximum absolute atomic E-state index is 11.6. The van der Waals surface area contributed by atoms with Gasteiger partial charge in [-0.2, -0.15) is 5.10 Å². The molecule has 7 heteroatoms. The van der Waals surface area contributed by atoms with Gasteiger partial charge in [0.1, 0.15) is 6.61 Å². The first-order valence-corrected chi connectivity index (χ1v) is 6.90. The van der Waals surface area contributed by atoms with Crippen molar-refractivity contribution in [2.24, 2.45) is 5.10 Å². The standard InChI is InChI=1S/C11H19N3O3S/c1-4-13(5-2)6-7-17-10(15)14-11(16)18-9(3)8-12-14/h8-9H,4-7H2,1-3H3. The van der Waals surface area contributed by atoms with Crippen LogP contribution in [-0.2, 0) is 4.74 Å². The van der Waals surface area contributed by atoms with Crippen molar-refractivity contribution in [1.82, 2.24) is 9.91 Å². The molecule has 1 atom stereocenters. The van der Waals surface area contributed by atoms with Crippen molar-refractivity contribution < 1.29 is 14.3 Å². The van der Waals surface area contributed by atoms with Crippen LogP contribution in [0.2, 0.25) is 0 Å². The van der Waals surface area contributed by atoms with Crippen LogP contribution in [0, 0.1) is 0 Å². The van der Waals surface area contributed by atoms with Crippen LogP contribution < -0.4 is 0 Å². The molecule has 0 aromatic rings. The zero-order valence-electron chi connectivity index (χ0n) is 11.0. The highest BCUT2D eigenvalue weighted by Gasteiger charge is 2.27. The molecule has 0 radical (unpaired) electrons. The monoisotopic (exact) mass is 273 g/mol. The SMILES string of the molecule is CCN(CC)CCOC(=O)N1N=CC(C)SC1=O. The van der Waals surface area contributed by atoms with Gasteiger partial charge >= 0.3 is 11.3 Å². The maximum atomic E-state index is 11.6. The van der Waals surface area contributed by atoms with Gasteiger partial charge in [0.05, 0.1) is 0 Å². The van der Waals surface area contributed by atoms with Crippen molar-refractivity contribution in [1.29, 1.82) is 0 Å². The summed E-state index contributed by atoms with van der Waals surface area (Å²) in [4.78, 5) is 25.3. The van der Waals surface area contributed by atoms with Gasteiger partial charge in [-0.25, -0.2) is 4.79 Å². The van der Waals surface area contributed by atoms with Gasteiger partial charge in [0.25, 0.3) is 0 Å². The van der Waals surface area contributed by atoms with Crippen molar-refractivity contribution in [3.8, 4) is 0 Å². The molecule has 18 heavy (non-hydrogen) atoms. The van der Waals surface area contributed by atoms with Gasteiger partial charge in [0, 0.05) is 18.0 Å². The first kappa shape index (κ1) is 15.0. The molecule has 0 aliphatic carbocycles. The minimum Gasteiger partial charge on any atom is -0.446 e. The van der Waals surface area contributed by atoms with E-state index < -0.39 is 11.3 Å². The Balaban J connectivity index is 2.37. The lowest BCUT2D eigenvalue weighted by Gasteiger charge is -2.21. The molecule has 0 saturated heterocycles. The van der Waals surface area contributed by atoms with Crippen LogP contribution >= 0.6 is 11.8 Å². The Morgan fingerprint density at radius 2 is 2.22 bits per heavy atom. The Morgan fingerprint density at radius 1 is 1.56 bits per heavy atom. The Kier molecular flexibility index (Phi) is 6.14. The Hall–Kier alpha value is -1.08. The van der Waals surface area contributed by atoms with Crippen LogP contribution in [0.3, 0.4) is 0 Å². The first-order valence-electron chi connectivity index (χ1n) is 6.02. The summed E-state index contributed by atoms with van der Waals surface area (Å²) in [7, 11) is 0. The molecule has 1 aliphatic heterocycles. The van der Waals surface area contributed by atoms with Crippen molar-refractivity contribution >= 4 is 29.3 Å². The summed E-state index contributed by atoms with van der Waals surface area (Å²) in [6, 6.07) is 0. The summed E-state index contributed by atoms with van der Waals surface area (Å²) in [6.45, 7) is 8.66. The number of imide groups is 1. The molecule has 0 bridgehead atoms. The molecule has 0 N–H and O–H groups in total. The molecule has 0 spiro atoms. The highest BCUT2D eigenvalue weighted by Crippen LogP contribution is 2.19. The fourth-order valence-corrected chi connectivity index (χ4v) is 2.09. The van der Waals surface area contributed by atoms with Crippen molar-refractivity contribution in [2.75, 3.05) is 26.2 Å².